The van der Waals surface area contributed by atoms with Gasteiger partial charge >= 0.3 is 107 Å². The molecular weight excluding hydrogens is 2260 g/mol. The summed E-state index contributed by atoms with van der Waals surface area (Å²) in [5, 5.41) is 71.2. The molecule has 0 saturated heterocycles. The van der Waals surface area contributed by atoms with E-state index in [4.69, 9.17) is 25.9 Å². The Morgan fingerprint density at radius 3 is 0.594 bits per heavy atom. The normalized spacial score (nSPS) is 11.8. The van der Waals surface area contributed by atoms with Crippen LogP contribution in [0.2, 0.25) is 0 Å². The number of hydrogen-bond donors (Lipinski definition) is 6. The molecule has 0 radical (unpaired) electrons. The number of carbonyl (C=O) groups excluding carboxylic acids is 2. The van der Waals surface area contributed by atoms with Gasteiger partial charge in [0.2, 0.25) is 0 Å². The fraction of sp³-hybridized carbons (Fsp3) is 0.0796. The van der Waals surface area contributed by atoms with Gasteiger partial charge < -0.3 is 65.2 Å². The molecule has 17 aromatic carbocycles. The number of nitrogens with zero attached hydrogens (tertiary/aromatic N) is 1. The Bertz CT molecular complexity index is 5500. The number of hydrogen-bond acceptors (Lipinski definition) is 11. The summed E-state index contributed by atoms with van der Waals surface area (Å²) in [6.45, 7) is 2.18. The number of halogens is 11. The van der Waals surface area contributed by atoms with Crippen LogP contribution >= 0.6 is 54.3 Å². The molecule has 0 heterocycles. The number of nitrogens with two attached hydrogens (primary N) is 1. The van der Waals surface area contributed by atoms with Gasteiger partial charge in [-0.1, -0.05) is 461 Å². The number of alkyl halides is 9. The van der Waals surface area contributed by atoms with Gasteiger partial charge in [0.1, 0.15) is 12.6 Å². The average Bonchev–Trinajstić information content (AvgIpc) is 0.800. The smallest absolute Gasteiger partial charge is 1.00 e. The topological polar surface area (TPSA) is 214 Å². The number of anilines is 1. The van der Waals surface area contributed by atoms with Crippen LogP contribution in [0.4, 0.5) is 45.2 Å². The minimum Gasteiger partial charge on any atom is -1.00 e. The first-order chi connectivity index (χ1) is 66.7. The van der Waals surface area contributed by atoms with Crippen molar-refractivity contribution in [2.24, 2.45) is 5.34 Å². The third-order valence-electron chi connectivity index (χ3n) is 20.9. The van der Waals surface area contributed by atoms with Crippen molar-refractivity contribution in [2.45, 2.75) is 56.1 Å². The van der Waals surface area contributed by atoms with Crippen LogP contribution in [0, 0.1) is 13.7 Å². The summed E-state index contributed by atoms with van der Waals surface area (Å²) in [7, 11) is -3.25. The van der Waals surface area contributed by atoms with E-state index in [9.17, 15) is 64.4 Å². The summed E-state index contributed by atoms with van der Waals surface area (Å²) in [6, 6.07) is 158. The molecule has 0 aromatic heterocycles. The van der Waals surface area contributed by atoms with Crippen LogP contribution in [-0.4, -0.2) is 63.6 Å². The standard InChI is InChI=1S/4C18H15P.C16H13F3O2.C9H8F3IO.C9H10F3NO.C7H7BO3.HI.K.HNO2.Na.Pd/c4*1-4-10-16(11-5-1)19(17-12-6-2-7-13-17)18-14-8-3-9-15-18;1-15(21,16(17,18)19)14-8-6-13(7-9-14)12-4-2-11(10-20)3-5-12;2*1-8(14,9(10,11)12)6-2-4-7(13)5-3-6;9-5-6-1-3-7(4-2-6)8(10)11;;;2-1-3;;/h4*1-15H;2-10,21H,1H3;2-5,14H,1H3;2-5,14H,13H2,1H3;1-5,10-11H;1H;;(H,2,3);;/q;;;;;;;;;+1;;+1;/p-2. The van der Waals surface area contributed by atoms with E-state index < -0.39 is 74.1 Å². The van der Waals surface area contributed by atoms with Crippen LogP contribution in [0.1, 0.15) is 58.2 Å². The fourth-order valence-electron chi connectivity index (χ4n) is 13.3. The van der Waals surface area contributed by atoms with E-state index in [-0.39, 0.29) is 142 Å². The van der Waals surface area contributed by atoms with Gasteiger partial charge in [0.05, 0.1) is 0 Å². The zero-order valence-corrected chi connectivity index (χ0v) is 92.6. The Morgan fingerprint density at radius 2 is 0.441 bits per heavy atom. The molecule has 0 fully saturated rings. The molecule has 3 atom stereocenters. The first-order valence-corrected chi connectivity index (χ1v) is 49.5. The second kappa shape index (κ2) is 63.5. The van der Waals surface area contributed by atoms with Crippen molar-refractivity contribution >= 4 is 149 Å². The molecule has 726 valence electrons. The van der Waals surface area contributed by atoms with Crippen LogP contribution in [0.15, 0.2) is 491 Å². The Morgan fingerprint density at radius 1 is 0.294 bits per heavy atom. The van der Waals surface area contributed by atoms with Gasteiger partial charge in [-0.05, 0) is 196 Å². The second-order valence-electron chi connectivity index (χ2n) is 30.8. The van der Waals surface area contributed by atoms with E-state index in [1.54, 1.807) is 24.3 Å². The molecule has 17 rings (SSSR count). The number of aldehydes is 2. The SMILES string of the molecule is CC(O)(c1ccc(-c2ccc(C=O)cc2)cc1)C(F)(F)F.CC(O)(c1ccc(I)cc1)C(F)(F)F.CC(O)(c1ccc(N)cc1)C(F)(F)F.O=Cc1ccc(B(O)O)cc1.O=N[O-].[I-].[K+].[Na+].[Pd].c1ccc(P(c2ccccc2)c2ccccc2)cc1.c1ccc(P(c2ccccc2)c2ccccc2)cc1.c1ccc(P(c2ccccc2)c2ccccc2)cc1.c1ccc(P(c2ccccc2)c2ccccc2)cc1. The summed E-state index contributed by atoms with van der Waals surface area (Å²) < 4.78 is 113. The van der Waals surface area contributed by atoms with E-state index in [0.717, 1.165) is 40.5 Å². The molecular formula is C113H98BF9I2KN2NaO9P4Pd. The van der Waals surface area contributed by atoms with Gasteiger partial charge in [-0.2, -0.15) is 39.5 Å². The maximum Gasteiger partial charge on any atom is 1.00 e. The van der Waals surface area contributed by atoms with Crippen molar-refractivity contribution in [3.05, 3.63) is 527 Å². The van der Waals surface area contributed by atoms with Crippen LogP contribution < -0.4 is 180 Å². The van der Waals surface area contributed by atoms with Crippen LogP contribution in [-0.2, 0) is 37.2 Å². The van der Waals surface area contributed by atoms with Gasteiger partial charge in [-0.15, -0.1) is 5.34 Å². The first kappa shape index (κ1) is 124. The maximum atomic E-state index is 12.7. The van der Waals surface area contributed by atoms with Crippen molar-refractivity contribution < 1.29 is 200 Å². The van der Waals surface area contributed by atoms with Crippen molar-refractivity contribution in [1.82, 2.24) is 0 Å². The zero-order valence-electron chi connectivity index (χ0n) is 78.1. The molecule has 0 aliphatic carbocycles. The third-order valence-corrected chi connectivity index (χ3v) is 31.4. The molecule has 30 heteroatoms. The predicted molar refractivity (Wildman–Crippen MR) is 566 cm³/mol. The summed E-state index contributed by atoms with van der Waals surface area (Å²) in [5.74, 6) is 0. The van der Waals surface area contributed by atoms with Crippen molar-refractivity contribution in [3.63, 3.8) is 0 Å². The number of rotatable bonds is 19. The molecule has 7 N–H and O–H groups in total. The third kappa shape index (κ3) is 39.0. The minimum absolute atomic E-state index is 0. The largest absolute Gasteiger partial charge is 1.00 e. The number of nitrogen functional groups attached to an aromatic ring is 1. The Balaban J connectivity index is 0.000000287. The summed E-state index contributed by atoms with van der Waals surface area (Å²) in [4.78, 5) is 28.7. The monoisotopic (exact) mass is 2350 g/mol. The zero-order chi connectivity index (χ0) is 100. The van der Waals surface area contributed by atoms with E-state index in [0.29, 0.717) is 47.3 Å². The first-order valence-electron chi connectivity index (χ1n) is 43.0. The summed E-state index contributed by atoms with van der Waals surface area (Å²) >= 11 is 1.98. The van der Waals surface area contributed by atoms with Crippen molar-refractivity contribution in [3.8, 4) is 11.1 Å². The molecule has 0 aliphatic rings. The van der Waals surface area contributed by atoms with Gasteiger partial charge in [0.15, 0.2) is 16.8 Å². The van der Waals surface area contributed by atoms with E-state index in [1.807, 2.05) is 22.6 Å². The van der Waals surface area contributed by atoms with Gasteiger partial charge in [0, 0.05) is 40.8 Å². The molecule has 143 heavy (non-hydrogen) atoms. The van der Waals surface area contributed by atoms with E-state index >= 15 is 0 Å². The number of benzene rings is 17. The average molecular weight is 2360 g/mol. The Kier molecular flexibility index (Phi) is 55.3. The summed E-state index contributed by atoms with van der Waals surface area (Å²) in [5.41, 5.74) is -0.505. The van der Waals surface area contributed by atoms with Crippen molar-refractivity contribution in [2.75, 3.05) is 5.73 Å². The molecule has 3 unspecified atom stereocenters. The van der Waals surface area contributed by atoms with Gasteiger partial charge in [-0.25, -0.2) is 0 Å². The Labute approximate surface area is 942 Å². The summed E-state index contributed by atoms with van der Waals surface area (Å²) in [6.07, 6.45) is -12.7. The second-order valence-corrected chi connectivity index (χ2v) is 40.9. The maximum absolute atomic E-state index is 12.7. The van der Waals surface area contributed by atoms with E-state index in [1.165, 1.54) is 149 Å². The predicted octanol–water partition coefficient (Wildman–Crippen LogP) is 13.3. The molecule has 11 nitrogen and oxygen atoms in total. The molecule has 17 aromatic rings. The fourth-order valence-corrected chi connectivity index (χ4v) is 22.9. The minimum atomic E-state index is -4.74. The van der Waals surface area contributed by atoms with Crippen LogP contribution in [0.5, 0.6) is 0 Å². The van der Waals surface area contributed by atoms with Gasteiger partial charge in [0.25, 0.3) is 0 Å². The number of aliphatic hydroxyl groups is 3. The van der Waals surface area contributed by atoms with E-state index in [2.05, 4.69) is 364 Å². The molecule has 0 aliphatic heterocycles. The van der Waals surface area contributed by atoms with Crippen LogP contribution in [0.25, 0.3) is 11.1 Å². The molecule has 0 spiro atoms. The van der Waals surface area contributed by atoms with Crippen LogP contribution in [0.3, 0.4) is 0 Å². The van der Waals surface area contributed by atoms with Gasteiger partial charge in [-0.3, -0.25) is 9.59 Å². The molecule has 0 saturated carbocycles. The quantitative estimate of drug-likeness (QED) is 0.00658. The molecule has 0 bridgehead atoms. The number of carbonyl (C=O) groups is 2. The molecule has 0 amide bonds. The van der Waals surface area contributed by atoms with Crippen molar-refractivity contribution in [1.29, 1.82) is 0 Å². The Hall–Kier alpha value is -9.01.